The third kappa shape index (κ3) is 5.86. The topological polar surface area (TPSA) is 58.2 Å². The van der Waals surface area contributed by atoms with E-state index in [4.69, 9.17) is 0 Å². The molecule has 0 aliphatic carbocycles. The van der Waals surface area contributed by atoms with Gasteiger partial charge >= 0.3 is 0 Å². The molecule has 27 heavy (non-hydrogen) atoms. The van der Waals surface area contributed by atoms with E-state index in [1.807, 2.05) is 72.8 Å². The Morgan fingerprint density at radius 3 is 2.33 bits per heavy atom. The quantitative estimate of drug-likeness (QED) is 0.626. The molecule has 0 aromatic heterocycles. The molecule has 0 saturated heterocycles. The maximum Gasteiger partial charge on any atom is 0.234 e. The summed E-state index contributed by atoms with van der Waals surface area (Å²) in [5, 5.41) is 7.91. The van der Waals surface area contributed by atoms with Crippen molar-refractivity contribution in [3.8, 4) is 0 Å². The Labute approximate surface area is 163 Å². The predicted molar refractivity (Wildman–Crippen MR) is 113 cm³/mol. The van der Waals surface area contributed by atoms with Gasteiger partial charge in [0.25, 0.3) is 0 Å². The van der Waals surface area contributed by atoms with Crippen LogP contribution >= 0.6 is 11.8 Å². The minimum atomic E-state index is -0.103. The van der Waals surface area contributed by atoms with E-state index in [0.29, 0.717) is 6.54 Å². The number of fused-ring (bicyclic) bond motifs is 1. The van der Waals surface area contributed by atoms with Crippen molar-refractivity contribution < 1.29 is 9.59 Å². The van der Waals surface area contributed by atoms with Gasteiger partial charge < -0.3 is 10.6 Å². The lowest BCUT2D eigenvalue weighted by Crippen LogP contribution is -2.28. The van der Waals surface area contributed by atoms with Crippen molar-refractivity contribution in [2.24, 2.45) is 0 Å². The summed E-state index contributed by atoms with van der Waals surface area (Å²) in [6.07, 6.45) is 0.804. The zero-order valence-electron chi connectivity index (χ0n) is 15.0. The minimum Gasteiger partial charge on any atom is -0.355 e. The number of rotatable bonds is 8. The number of carbonyl (C=O) groups is 2. The maximum atomic E-state index is 12.2. The molecule has 0 saturated carbocycles. The van der Waals surface area contributed by atoms with Crippen LogP contribution in [-0.4, -0.2) is 29.9 Å². The zero-order valence-corrected chi connectivity index (χ0v) is 15.8. The summed E-state index contributed by atoms with van der Waals surface area (Å²) in [4.78, 5) is 24.1. The van der Waals surface area contributed by atoms with Crippen LogP contribution in [0.25, 0.3) is 10.8 Å². The van der Waals surface area contributed by atoms with Crippen LogP contribution in [0, 0.1) is 0 Å². The first-order chi connectivity index (χ1) is 13.2. The van der Waals surface area contributed by atoms with Crippen molar-refractivity contribution in [1.29, 1.82) is 0 Å². The molecule has 0 aliphatic rings. The summed E-state index contributed by atoms with van der Waals surface area (Å²) in [6, 6.07) is 23.8. The number of benzene rings is 3. The van der Waals surface area contributed by atoms with Crippen molar-refractivity contribution in [1.82, 2.24) is 5.32 Å². The standard InChI is InChI=1S/C22H22N2O2S/c25-21(23-14-13-17-7-2-1-3-8-17)15-27-16-22(26)24-20-12-6-10-18-9-4-5-11-19(18)20/h1-12H,13-16H2,(H,23,25)(H,24,26). The van der Waals surface area contributed by atoms with Gasteiger partial charge in [-0.05, 0) is 23.4 Å². The van der Waals surface area contributed by atoms with Crippen LogP contribution in [0.5, 0.6) is 0 Å². The molecule has 0 radical (unpaired) electrons. The maximum absolute atomic E-state index is 12.2. The monoisotopic (exact) mass is 378 g/mol. The smallest absolute Gasteiger partial charge is 0.234 e. The highest BCUT2D eigenvalue weighted by atomic mass is 32.2. The molecule has 0 fully saturated rings. The molecule has 0 heterocycles. The van der Waals surface area contributed by atoms with Crippen LogP contribution < -0.4 is 10.6 Å². The second-order valence-corrected chi connectivity index (χ2v) is 7.14. The molecular weight excluding hydrogens is 356 g/mol. The Balaban J connectivity index is 1.38. The molecule has 0 bridgehead atoms. The van der Waals surface area contributed by atoms with Crippen molar-refractivity contribution >= 4 is 40.0 Å². The molecule has 138 valence electrons. The molecule has 3 aromatic carbocycles. The Kier molecular flexibility index (Phi) is 6.88. The first kappa shape index (κ1) is 19.0. The number of carbonyl (C=O) groups excluding carboxylic acids is 2. The number of nitrogens with one attached hydrogen (secondary N) is 2. The molecule has 0 aliphatic heterocycles. The van der Waals surface area contributed by atoms with E-state index in [9.17, 15) is 9.59 Å². The summed E-state index contributed by atoms with van der Waals surface area (Å²) in [5.41, 5.74) is 1.99. The molecule has 4 nitrogen and oxygen atoms in total. The SMILES string of the molecule is O=C(CSCC(=O)Nc1cccc2ccccc12)NCCc1ccccc1. The first-order valence-corrected chi connectivity index (χ1v) is 10.0. The molecule has 0 unspecified atom stereocenters. The summed E-state index contributed by atoms with van der Waals surface area (Å²) in [5.74, 6) is 0.370. The Hall–Kier alpha value is -2.79. The summed E-state index contributed by atoms with van der Waals surface area (Å²) in [7, 11) is 0. The highest BCUT2D eigenvalue weighted by Crippen LogP contribution is 2.23. The fraction of sp³-hybridized carbons (Fsp3) is 0.182. The van der Waals surface area contributed by atoms with Crippen molar-refractivity contribution in [3.63, 3.8) is 0 Å². The van der Waals surface area contributed by atoms with Gasteiger partial charge in [0.05, 0.1) is 11.5 Å². The minimum absolute atomic E-state index is 0.0473. The fourth-order valence-corrected chi connectivity index (χ4v) is 3.45. The van der Waals surface area contributed by atoms with Crippen LogP contribution in [0.15, 0.2) is 72.8 Å². The van der Waals surface area contributed by atoms with Crippen molar-refractivity contribution in [3.05, 3.63) is 78.4 Å². The second kappa shape index (κ2) is 9.78. The van der Waals surface area contributed by atoms with E-state index >= 15 is 0 Å². The van der Waals surface area contributed by atoms with Gasteiger partial charge in [0.15, 0.2) is 0 Å². The van der Waals surface area contributed by atoms with E-state index in [0.717, 1.165) is 22.9 Å². The molecule has 0 atom stereocenters. The van der Waals surface area contributed by atoms with E-state index in [1.165, 1.54) is 17.3 Å². The zero-order chi connectivity index (χ0) is 18.9. The third-order valence-electron chi connectivity index (χ3n) is 4.11. The van der Waals surface area contributed by atoms with Gasteiger partial charge in [0, 0.05) is 17.6 Å². The Morgan fingerprint density at radius 2 is 1.48 bits per heavy atom. The summed E-state index contributed by atoms with van der Waals surface area (Å²) in [6.45, 7) is 0.603. The van der Waals surface area contributed by atoms with E-state index < -0.39 is 0 Å². The lowest BCUT2D eigenvalue weighted by molar-refractivity contribution is -0.118. The normalized spacial score (nSPS) is 10.5. The van der Waals surface area contributed by atoms with Gasteiger partial charge in [0.2, 0.25) is 11.8 Å². The van der Waals surface area contributed by atoms with Gasteiger partial charge in [0.1, 0.15) is 0 Å². The van der Waals surface area contributed by atoms with Gasteiger partial charge in [-0.15, -0.1) is 11.8 Å². The average Bonchev–Trinajstić information content (AvgIpc) is 2.69. The number of thioether (sulfide) groups is 1. The molecule has 0 spiro atoms. The largest absolute Gasteiger partial charge is 0.355 e. The molecule has 5 heteroatoms. The number of amides is 2. The van der Waals surface area contributed by atoms with Crippen LogP contribution in [0.2, 0.25) is 0 Å². The van der Waals surface area contributed by atoms with Crippen LogP contribution in [-0.2, 0) is 16.0 Å². The highest BCUT2D eigenvalue weighted by molar-refractivity contribution is 8.00. The summed E-state index contributed by atoms with van der Waals surface area (Å²) < 4.78 is 0. The Bertz CT molecular complexity index is 907. The van der Waals surface area contributed by atoms with Crippen molar-refractivity contribution in [2.75, 3.05) is 23.4 Å². The first-order valence-electron chi connectivity index (χ1n) is 8.88. The van der Waals surface area contributed by atoms with Crippen LogP contribution in [0.4, 0.5) is 5.69 Å². The summed E-state index contributed by atoms with van der Waals surface area (Å²) >= 11 is 1.32. The van der Waals surface area contributed by atoms with Crippen LogP contribution in [0.1, 0.15) is 5.56 Å². The lowest BCUT2D eigenvalue weighted by atomic mass is 10.1. The van der Waals surface area contributed by atoms with E-state index in [-0.39, 0.29) is 23.3 Å². The molecule has 3 rings (SSSR count). The van der Waals surface area contributed by atoms with E-state index in [1.54, 1.807) is 0 Å². The molecule has 3 aromatic rings. The highest BCUT2D eigenvalue weighted by Gasteiger charge is 2.08. The van der Waals surface area contributed by atoms with Gasteiger partial charge in [-0.1, -0.05) is 66.7 Å². The second-order valence-electron chi connectivity index (χ2n) is 6.15. The number of anilines is 1. The third-order valence-corrected chi connectivity index (χ3v) is 5.04. The van der Waals surface area contributed by atoms with E-state index in [2.05, 4.69) is 10.6 Å². The van der Waals surface area contributed by atoms with Gasteiger partial charge in [-0.25, -0.2) is 0 Å². The average molecular weight is 378 g/mol. The van der Waals surface area contributed by atoms with Crippen LogP contribution in [0.3, 0.4) is 0 Å². The lowest BCUT2D eigenvalue weighted by Gasteiger charge is -2.09. The Morgan fingerprint density at radius 1 is 0.778 bits per heavy atom. The molecular formula is C22H22N2O2S. The van der Waals surface area contributed by atoms with Gasteiger partial charge in [-0.3, -0.25) is 9.59 Å². The molecule has 2 amide bonds. The number of hydrogen-bond acceptors (Lipinski definition) is 3. The molecule has 2 N–H and O–H groups in total. The fourth-order valence-electron chi connectivity index (χ4n) is 2.80. The number of hydrogen-bond donors (Lipinski definition) is 2. The van der Waals surface area contributed by atoms with Crippen molar-refractivity contribution in [2.45, 2.75) is 6.42 Å². The van der Waals surface area contributed by atoms with Gasteiger partial charge in [-0.2, -0.15) is 0 Å². The predicted octanol–water partition coefficient (Wildman–Crippen LogP) is 3.87.